The molecule has 3 atom stereocenters. The van der Waals surface area contributed by atoms with Crippen molar-refractivity contribution in [3.8, 4) is 0 Å². The highest BCUT2D eigenvalue weighted by molar-refractivity contribution is 7.16. The Morgan fingerprint density at radius 3 is 2.81 bits per heavy atom. The van der Waals surface area contributed by atoms with Crippen molar-refractivity contribution in [3.63, 3.8) is 0 Å². The zero-order chi connectivity index (χ0) is 15.0. The first-order valence-electron chi connectivity index (χ1n) is 7.80. The van der Waals surface area contributed by atoms with E-state index in [0.717, 1.165) is 24.4 Å². The standard InChI is InChI=1S/C15H22N2O3S/c1-10(18)14-9-13(17(19)20)15(21-14)16-8-4-6-11-5-2-3-7-12(11)16/h9-12,18H,2-8H2,1H3/t10-,11?,12?/m1/s1. The molecule has 1 aromatic rings. The second-order valence-electron chi connectivity index (χ2n) is 6.22. The van der Waals surface area contributed by atoms with Crippen molar-refractivity contribution in [2.24, 2.45) is 5.92 Å². The highest BCUT2D eigenvalue weighted by atomic mass is 32.1. The molecule has 1 aromatic heterocycles. The second-order valence-corrected chi connectivity index (χ2v) is 7.28. The van der Waals surface area contributed by atoms with Crippen molar-refractivity contribution in [1.82, 2.24) is 0 Å². The summed E-state index contributed by atoms with van der Waals surface area (Å²) in [5.41, 5.74) is 0.169. The number of rotatable bonds is 3. The lowest BCUT2D eigenvalue weighted by atomic mass is 9.78. The molecule has 0 radical (unpaired) electrons. The fraction of sp³-hybridized carbons (Fsp3) is 0.733. The summed E-state index contributed by atoms with van der Waals surface area (Å²) in [7, 11) is 0. The summed E-state index contributed by atoms with van der Waals surface area (Å²) < 4.78 is 0. The largest absolute Gasteiger partial charge is 0.388 e. The number of piperidine rings is 1. The van der Waals surface area contributed by atoms with E-state index in [1.807, 2.05) is 0 Å². The van der Waals surface area contributed by atoms with Crippen LogP contribution in [-0.2, 0) is 0 Å². The van der Waals surface area contributed by atoms with Crippen molar-refractivity contribution < 1.29 is 10.0 Å². The van der Waals surface area contributed by atoms with Gasteiger partial charge in [-0.2, -0.15) is 0 Å². The highest BCUT2D eigenvalue weighted by Crippen LogP contribution is 2.45. The number of thiophene rings is 1. The molecule has 2 unspecified atom stereocenters. The van der Waals surface area contributed by atoms with E-state index in [4.69, 9.17) is 0 Å². The molecule has 1 saturated carbocycles. The summed E-state index contributed by atoms with van der Waals surface area (Å²) in [4.78, 5) is 14.0. The number of hydrogen-bond donors (Lipinski definition) is 1. The van der Waals surface area contributed by atoms with E-state index >= 15 is 0 Å². The number of aliphatic hydroxyl groups is 1. The highest BCUT2D eigenvalue weighted by Gasteiger charge is 2.37. The minimum absolute atomic E-state index is 0.169. The van der Waals surface area contributed by atoms with E-state index in [0.29, 0.717) is 16.8 Å². The van der Waals surface area contributed by atoms with E-state index in [1.165, 1.54) is 37.0 Å². The molecule has 6 heteroatoms. The van der Waals surface area contributed by atoms with Gasteiger partial charge in [0.2, 0.25) is 0 Å². The number of nitrogens with zero attached hydrogens (tertiary/aromatic N) is 2. The molecule has 3 rings (SSSR count). The summed E-state index contributed by atoms with van der Waals surface area (Å²) in [6.07, 6.45) is 6.63. The van der Waals surface area contributed by atoms with Gasteiger partial charge in [-0.3, -0.25) is 10.1 Å². The molecule has 0 spiro atoms. The predicted molar refractivity (Wildman–Crippen MR) is 83.9 cm³/mol. The lowest BCUT2D eigenvalue weighted by molar-refractivity contribution is -0.383. The lowest BCUT2D eigenvalue weighted by Crippen LogP contribution is -2.46. The van der Waals surface area contributed by atoms with E-state index in [9.17, 15) is 15.2 Å². The maximum atomic E-state index is 11.4. The molecule has 2 fully saturated rings. The Hall–Kier alpha value is -1.14. The van der Waals surface area contributed by atoms with Gasteiger partial charge in [0, 0.05) is 23.5 Å². The van der Waals surface area contributed by atoms with Gasteiger partial charge < -0.3 is 10.0 Å². The number of nitro groups is 1. The van der Waals surface area contributed by atoms with Gasteiger partial charge in [-0.25, -0.2) is 0 Å². The number of hydrogen-bond acceptors (Lipinski definition) is 5. The van der Waals surface area contributed by atoms with Crippen LogP contribution in [0, 0.1) is 16.0 Å². The first kappa shape index (κ1) is 14.8. The van der Waals surface area contributed by atoms with Crippen molar-refractivity contribution in [2.45, 2.75) is 57.6 Å². The fourth-order valence-corrected chi connectivity index (χ4v) is 4.96. The van der Waals surface area contributed by atoms with Crippen LogP contribution in [0.4, 0.5) is 10.7 Å². The van der Waals surface area contributed by atoms with Crippen molar-refractivity contribution in [2.75, 3.05) is 11.4 Å². The van der Waals surface area contributed by atoms with Crippen LogP contribution in [0.1, 0.15) is 56.4 Å². The first-order valence-corrected chi connectivity index (χ1v) is 8.62. The third-order valence-corrected chi connectivity index (χ3v) is 6.16. The van der Waals surface area contributed by atoms with Gasteiger partial charge >= 0.3 is 5.69 Å². The minimum atomic E-state index is -0.644. The average Bonchev–Trinajstić information content (AvgIpc) is 2.92. The van der Waals surface area contributed by atoms with Gasteiger partial charge in [0.1, 0.15) is 0 Å². The summed E-state index contributed by atoms with van der Waals surface area (Å²) in [6, 6.07) is 2.00. The Kier molecular flexibility index (Phi) is 4.17. The van der Waals surface area contributed by atoms with Gasteiger partial charge in [-0.15, -0.1) is 11.3 Å². The van der Waals surface area contributed by atoms with Crippen LogP contribution in [0.2, 0.25) is 0 Å². The van der Waals surface area contributed by atoms with Gasteiger partial charge in [-0.1, -0.05) is 12.8 Å². The van der Waals surface area contributed by atoms with Crippen molar-refractivity contribution in [3.05, 3.63) is 21.1 Å². The third kappa shape index (κ3) is 2.79. The topological polar surface area (TPSA) is 66.6 Å². The molecule has 2 aliphatic rings. The summed E-state index contributed by atoms with van der Waals surface area (Å²) >= 11 is 1.39. The molecule has 1 aliphatic carbocycles. The predicted octanol–water partition coefficient (Wildman–Crippen LogP) is 3.87. The second kappa shape index (κ2) is 5.93. The fourth-order valence-electron chi connectivity index (χ4n) is 3.81. The summed E-state index contributed by atoms with van der Waals surface area (Å²) in [5.74, 6) is 0.684. The zero-order valence-electron chi connectivity index (χ0n) is 12.3. The van der Waals surface area contributed by atoms with E-state index in [2.05, 4.69) is 4.90 Å². The Bertz CT molecular complexity index is 527. The van der Waals surface area contributed by atoms with E-state index < -0.39 is 6.10 Å². The van der Waals surface area contributed by atoms with Crippen LogP contribution >= 0.6 is 11.3 Å². The molecule has 116 valence electrons. The number of anilines is 1. The molecule has 0 aromatic carbocycles. The van der Waals surface area contributed by atoms with Crippen molar-refractivity contribution in [1.29, 1.82) is 0 Å². The molecule has 0 bridgehead atoms. The van der Waals surface area contributed by atoms with Crippen LogP contribution in [-0.4, -0.2) is 22.6 Å². The third-order valence-electron chi connectivity index (χ3n) is 4.83. The molecular weight excluding hydrogens is 288 g/mol. The number of fused-ring (bicyclic) bond motifs is 1. The van der Waals surface area contributed by atoms with Gasteiger partial charge in [0.05, 0.1) is 11.0 Å². The zero-order valence-corrected chi connectivity index (χ0v) is 13.1. The smallest absolute Gasteiger partial charge is 0.304 e. The molecule has 2 heterocycles. The molecule has 5 nitrogen and oxygen atoms in total. The van der Waals surface area contributed by atoms with Crippen LogP contribution < -0.4 is 4.90 Å². The van der Waals surface area contributed by atoms with Crippen LogP contribution in [0.25, 0.3) is 0 Å². The maximum Gasteiger partial charge on any atom is 0.304 e. The van der Waals surface area contributed by atoms with Gasteiger partial charge in [0.15, 0.2) is 5.00 Å². The SMILES string of the molecule is C[C@@H](O)c1cc([N+](=O)[O-])c(N2CCCC3CCCCC32)s1. The molecule has 0 amide bonds. The Morgan fingerprint density at radius 2 is 2.10 bits per heavy atom. The van der Waals surface area contributed by atoms with E-state index in [-0.39, 0.29) is 10.6 Å². The minimum Gasteiger partial charge on any atom is -0.388 e. The lowest BCUT2D eigenvalue weighted by Gasteiger charge is -2.44. The molecule has 1 aliphatic heterocycles. The molecular formula is C15H22N2O3S. The normalized spacial score (nSPS) is 27.2. The summed E-state index contributed by atoms with van der Waals surface area (Å²) in [5, 5.41) is 21.9. The average molecular weight is 310 g/mol. The van der Waals surface area contributed by atoms with Crippen LogP contribution in [0.5, 0.6) is 0 Å². The summed E-state index contributed by atoms with van der Waals surface area (Å²) in [6.45, 7) is 2.57. The van der Waals surface area contributed by atoms with Crippen molar-refractivity contribution >= 4 is 22.0 Å². The van der Waals surface area contributed by atoms with Gasteiger partial charge in [-0.05, 0) is 38.5 Å². The quantitative estimate of drug-likeness (QED) is 0.680. The van der Waals surface area contributed by atoms with E-state index in [1.54, 1.807) is 13.0 Å². The molecule has 1 N–H and O–H groups in total. The van der Waals surface area contributed by atoms with Crippen LogP contribution in [0.15, 0.2) is 6.07 Å². The first-order chi connectivity index (χ1) is 10.1. The maximum absolute atomic E-state index is 11.4. The Balaban J connectivity index is 1.95. The van der Waals surface area contributed by atoms with Gasteiger partial charge in [0.25, 0.3) is 0 Å². The monoisotopic (exact) mass is 310 g/mol. The number of aliphatic hydroxyl groups excluding tert-OH is 1. The molecule has 1 saturated heterocycles. The Morgan fingerprint density at radius 1 is 1.38 bits per heavy atom. The molecule has 21 heavy (non-hydrogen) atoms. The Labute approximate surface area is 128 Å². The van der Waals surface area contributed by atoms with Crippen LogP contribution in [0.3, 0.4) is 0 Å².